The normalized spacial score (nSPS) is 18.1. The molecule has 1 aromatic carbocycles. The number of hydrogen-bond acceptors (Lipinski definition) is 4. The van der Waals surface area contributed by atoms with Crippen LogP contribution < -0.4 is 14.8 Å². The minimum atomic E-state index is 0.341. The molecule has 0 aromatic heterocycles. The quantitative estimate of drug-likeness (QED) is 0.897. The van der Waals surface area contributed by atoms with E-state index in [0.29, 0.717) is 12.1 Å². The third kappa shape index (κ3) is 3.80. The number of thioether (sulfide) groups is 1. The van der Waals surface area contributed by atoms with Gasteiger partial charge in [-0.3, -0.25) is 0 Å². The van der Waals surface area contributed by atoms with Gasteiger partial charge >= 0.3 is 0 Å². The molecule has 1 atom stereocenters. The maximum absolute atomic E-state index is 5.36. The van der Waals surface area contributed by atoms with Gasteiger partial charge in [0, 0.05) is 12.1 Å². The molecule has 1 aliphatic rings. The van der Waals surface area contributed by atoms with E-state index in [4.69, 9.17) is 9.47 Å². The van der Waals surface area contributed by atoms with E-state index in [9.17, 15) is 0 Å². The van der Waals surface area contributed by atoms with E-state index in [2.05, 4.69) is 36.1 Å². The number of nitrogens with one attached hydrogen (secondary N) is 1. The van der Waals surface area contributed by atoms with Gasteiger partial charge in [-0.15, -0.1) is 0 Å². The van der Waals surface area contributed by atoms with Crippen LogP contribution in [0.3, 0.4) is 0 Å². The summed E-state index contributed by atoms with van der Waals surface area (Å²) in [6, 6.07) is 7.13. The molecule has 0 amide bonds. The summed E-state index contributed by atoms with van der Waals surface area (Å²) in [5.74, 6) is 4.13. The van der Waals surface area contributed by atoms with Gasteiger partial charge in [0.1, 0.15) is 0 Å². The minimum absolute atomic E-state index is 0.341. The van der Waals surface area contributed by atoms with E-state index in [1.807, 2.05) is 6.07 Å². The zero-order chi connectivity index (χ0) is 13.7. The largest absolute Gasteiger partial charge is 0.493 e. The second-order valence-electron chi connectivity index (χ2n) is 4.89. The first-order valence-electron chi connectivity index (χ1n) is 6.80. The van der Waals surface area contributed by atoms with E-state index in [-0.39, 0.29) is 0 Å². The summed E-state index contributed by atoms with van der Waals surface area (Å²) in [5, 5.41) is 3.71. The van der Waals surface area contributed by atoms with Crippen LogP contribution >= 0.6 is 11.8 Å². The topological polar surface area (TPSA) is 30.5 Å². The molecule has 1 saturated heterocycles. The second-order valence-corrected chi connectivity index (χ2v) is 6.11. The van der Waals surface area contributed by atoms with Gasteiger partial charge in [0.15, 0.2) is 11.5 Å². The molecular weight excluding hydrogens is 258 g/mol. The summed E-state index contributed by atoms with van der Waals surface area (Å²) in [7, 11) is 3.34. The Bertz CT molecular complexity index is 405. The number of benzene rings is 1. The molecule has 19 heavy (non-hydrogen) atoms. The Kier molecular flexibility index (Phi) is 5.40. The van der Waals surface area contributed by atoms with Gasteiger partial charge in [0.05, 0.1) is 14.2 Å². The third-order valence-electron chi connectivity index (χ3n) is 3.61. The fraction of sp³-hybridized carbons (Fsp3) is 0.600. The summed E-state index contributed by atoms with van der Waals surface area (Å²) in [6.45, 7) is 2.21. The van der Waals surface area contributed by atoms with Crippen molar-refractivity contribution in [3.63, 3.8) is 0 Å². The van der Waals surface area contributed by atoms with Crippen molar-refractivity contribution in [2.45, 2.75) is 31.8 Å². The Balaban J connectivity index is 2.03. The maximum atomic E-state index is 5.36. The lowest BCUT2D eigenvalue weighted by Gasteiger charge is -2.27. The van der Waals surface area contributed by atoms with Crippen molar-refractivity contribution in [3.05, 3.63) is 23.8 Å². The summed E-state index contributed by atoms with van der Waals surface area (Å²) in [6.07, 6.45) is 2.53. The van der Waals surface area contributed by atoms with Gasteiger partial charge in [-0.05, 0) is 49.0 Å². The van der Waals surface area contributed by atoms with Gasteiger partial charge in [-0.2, -0.15) is 11.8 Å². The van der Waals surface area contributed by atoms with Crippen LogP contribution in [0.4, 0.5) is 0 Å². The summed E-state index contributed by atoms with van der Waals surface area (Å²) >= 11 is 2.06. The molecule has 0 spiro atoms. The fourth-order valence-corrected chi connectivity index (χ4v) is 3.54. The van der Waals surface area contributed by atoms with E-state index in [1.165, 1.54) is 29.9 Å². The number of ether oxygens (including phenoxy) is 2. The van der Waals surface area contributed by atoms with Crippen LogP contribution in [-0.2, 0) is 0 Å². The van der Waals surface area contributed by atoms with Crippen molar-refractivity contribution in [2.75, 3.05) is 25.7 Å². The van der Waals surface area contributed by atoms with Gasteiger partial charge in [-0.1, -0.05) is 6.07 Å². The van der Waals surface area contributed by atoms with E-state index >= 15 is 0 Å². The Hall–Kier alpha value is -0.870. The van der Waals surface area contributed by atoms with Crippen molar-refractivity contribution in [2.24, 2.45) is 0 Å². The van der Waals surface area contributed by atoms with Crippen molar-refractivity contribution < 1.29 is 9.47 Å². The highest BCUT2D eigenvalue weighted by Crippen LogP contribution is 2.30. The first-order valence-corrected chi connectivity index (χ1v) is 7.95. The molecule has 0 aliphatic carbocycles. The summed E-state index contributed by atoms with van der Waals surface area (Å²) in [5.41, 5.74) is 1.25. The predicted molar refractivity (Wildman–Crippen MR) is 81.4 cm³/mol. The van der Waals surface area contributed by atoms with Crippen LogP contribution in [0.2, 0.25) is 0 Å². The first kappa shape index (κ1) is 14.5. The Morgan fingerprint density at radius 3 is 2.47 bits per heavy atom. The summed E-state index contributed by atoms with van der Waals surface area (Å²) < 4.78 is 10.6. The van der Waals surface area contributed by atoms with Crippen LogP contribution in [0.5, 0.6) is 11.5 Å². The van der Waals surface area contributed by atoms with Gasteiger partial charge in [0.25, 0.3) is 0 Å². The fourth-order valence-electron chi connectivity index (χ4n) is 2.44. The van der Waals surface area contributed by atoms with Crippen LogP contribution in [-0.4, -0.2) is 31.8 Å². The lowest BCUT2D eigenvalue weighted by Crippen LogP contribution is -2.34. The highest BCUT2D eigenvalue weighted by Gasteiger charge is 2.17. The van der Waals surface area contributed by atoms with Gasteiger partial charge in [-0.25, -0.2) is 0 Å². The predicted octanol–water partition coefficient (Wildman–Crippen LogP) is 3.25. The lowest BCUT2D eigenvalue weighted by molar-refractivity contribution is 0.353. The Labute approximate surface area is 120 Å². The molecule has 0 radical (unpaired) electrons. The highest BCUT2D eigenvalue weighted by atomic mass is 32.2. The second kappa shape index (κ2) is 7.06. The molecule has 0 unspecified atom stereocenters. The van der Waals surface area contributed by atoms with Gasteiger partial charge in [0.2, 0.25) is 0 Å². The third-order valence-corrected chi connectivity index (χ3v) is 4.66. The standard InChI is InChI=1S/C15H23NO2S/c1-11(16-13-6-8-19-9-7-13)12-4-5-14(17-2)15(10-12)18-3/h4-5,10-11,13,16H,6-9H2,1-3H3/t11-/m0/s1. The molecule has 0 bridgehead atoms. The van der Waals surface area contributed by atoms with Crippen molar-refractivity contribution >= 4 is 11.8 Å². The van der Waals surface area contributed by atoms with Crippen LogP contribution in [0.1, 0.15) is 31.4 Å². The van der Waals surface area contributed by atoms with E-state index < -0.39 is 0 Å². The summed E-state index contributed by atoms with van der Waals surface area (Å²) in [4.78, 5) is 0. The molecule has 4 heteroatoms. The van der Waals surface area contributed by atoms with Crippen LogP contribution in [0, 0.1) is 0 Å². The van der Waals surface area contributed by atoms with Crippen molar-refractivity contribution in [1.82, 2.24) is 5.32 Å². The molecule has 2 rings (SSSR count). The van der Waals surface area contributed by atoms with Crippen molar-refractivity contribution in [1.29, 1.82) is 0 Å². The zero-order valence-corrected chi connectivity index (χ0v) is 12.8. The minimum Gasteiger partial charge on any atom is -0.493 e. The zero-order valence-electron chi connectivity index (χ0n) is 11.9. The molecule has 1 fully saturated rings. The molecule has 1 aliphatic heterocycles. The smallest absolute Gasteiger partial charge is 0.161 e. The molecule has 1 heterocycles. The Morgan fingerprint density at radius 2 is 1.84 bits per heavy atom. The number of methoxy groups -OCH3 is 2. The maximum Gasteiger partial charge on any atom is 0.161 e. The molecule has 1 N–H and O–H groups in total. The highest BCUT2D eigenvalue weighted by molar-refractivity contribution is 7.99. The van der Waals surface area contributed by atoms with E-state index in [0.717, 1.165) is 11.5 Å². The molecular formula is C15H23NO2S. The first-order chi connectivity index (χ1) is 9.24. The van der Waals surface area contributed by atoms with Crippen LogP contribution in [0.15, 0.2) is 18.2 Å². The van der Waals surface area contributed by atoms with Crippen LogP contribution in [0.25, 0.3) is 0 Å². The Morgan fingerprint density at radius 1 is 1.16 bits per heavy atom. The molecule has 1 aromatic rings. The molecule has 0 saturated carbocycles. The molecule has 106 valence electrons. The average Bonchev–Trinajstić information content (AvgIpc) is 2.47. The van der Waals surface area contributed by atoms with Crippen molar-refractivity contribution in [3.8, 4) is 11.5 Å². The average molecular weight is 281 g/mol. The van der Waals surface area contributed by atoms with E-state index in [1.54, 1.807) is 14.2 Å². The monoisotopic (exact) mass is 281 g/mol. The van der Waals surface area contributed by atoms with Gasteiger partial charge < -0.3 is 14.8 Å². The molecule has 3 nitrogen and oxygen atoms in total. The SMILES string of the molecule is COc1ccc([C@H](C)NC2CCSCC2)cc1OC. The number of rotatable bonds is 5. The lowest BCUT2D eigenvalue weighted by atomic mass is 10.0. The number of hydrogen-bond donors (Lipinski definition) is 1.